The molecular formula is C38H25Cl2NO4. The molecule has 0 aromatic heterocycles. The van der Waals surface area contributed by atoms with Crippen LogP contribution in [0.4, 0.5) is 11.4 Å². The summed E-state index contributed by atoms with van der Waals surface area (Å²) in [5.74, 6) is 2.43. The fraction of sp³-hybridized carbons (Fsp3) is 0. The third kappa shape index (κ3) is 7.60. The molecule has 0 fully saturated rings. The van der Waals surface area contributed by atoms with E-state index in [2.05, 4.69) is 5.32 Å². The van der Waals surface area contributed by atoms with Crippen molar-refractivity contribution in [2.45, 2.75) is 0 Å². The predicted molar refractivity (Wildman–Crippen MR) is 179 cm³/mol. The van der Waals surface area contributed by atoms with Gasteiger partial charge in [0.15, 0.2) is 11.6 Å². The largest absolute Gasteiger partial charge is 0.457 e. The number of halogens is 2. The summed E-state index contributed by atoms with van der Waals surface area (Å²) in [6, 6.07) is 42.9. The predicted octanol–water partition coefficient (Wildman–Crippen LogP) is 10.8. The Morgan fingerprint density at radius 3 is 0.911 bits per heavy atom. The van der Waals surface area contributed by atoms with E-state index in [9.17, 15) is 9.59 Å². The molecule has 0 atom stereocenters. The van der Waals surface area contributed by atoms with Crippen molar-refractivity contribution in [3.05, 3.63) is 178 Å². The number of ketones is 2. The van der Waals surface area contributed by atoms with Crippen molar-refractivity contribution in [3.8, 4) is 23.0 Å². The SMILES string of the molecule is O=C(c1ccc(Cl)cc1)c1ccc(Oc2ccc(Nc3ccc(Oc4ccc(C(=O)c5ccc(Cl)cc5)cc4)cc3)cc2)cc1. The molecule has 6 aromatic carbocycles. The zero-order valence-electron chi connectivity index (χ0n) is 23.7. The Kier molecular flexibility index (Phi) is 8.92. The van der Waals surface area contributed by atoms with Crippen LogP contribution in [0.25, 0.3) is 0 Å². The minimum atomic E-state index is -0.0780. The zero-order chi connectivity index (χ0) is 31.2. The van der Waals surface area contributed by atoms with E-state index in [4.69, 9.17) is 32.7 Å². The molecule has 0 saturated carbocycles. The summed E-state index contributed by atoms with van der Waals surface area (Å²) < 4.78 is 11.9. The maximum atomic E-state index is 12.7. The van der Waals surface area contributed by atoms with Crippen molar-refractivity contribution < 1.29 is 19.1 Å². The van der Waals surface area contributed by atoms with Gasteiger partial charge in [0.1, 0.15) is 23.0 Å². The van der Waals surface area contributed by atoms with Gasteiger partial charge in [-0.15, -0.1) is 0 Å². The van der Waals surface area contributed by atoms with Crippen LogP contribution in [0.5, 0.6) is 23.0 Å². The first-order chi connectivity index (χ1) is 21.9. The summed E-state index contributed by atoms with van der Waals surface area (Å²) in [5, 5.41) is 4.54. The van der Waals surface area contributed by atoms with Gasteiger partial charge in [-0.3, -0.25) is 9.59 Å². The summed E-state index contributed by atoms with van der Waals surface area (Å²) in [6.45, 7) is 0. The number of hydrogen-bond acceptors (Lipinski definition) is 5. The molecule has 220 valence electrons. The minimum absolute atomic E-state index is 0.0780. The highest BCUT2D eigenvalue weighted by Crippen LogP contribution is 2.28. The van der Waals surface area contributed by atoms with Crippen molar-refractivity contribution in [2.24, 2.45) is 0 Å². The summed E-state index contributed by atoms with van der Waals surface area (Å²) in [5.41, 5.74) is 4.07. The van der Waals surface area contributed by atoms with Crippen molar-refractivity contribution in [1.82, 2.24) is 0 Å². The Hall–Kier alpha value is -5.36. The quantitative estimate of drug-likeness (QED) is 0.153. The van der Waals surface area contributed by atoms with Gasteiger partial charge in [0.05, 0.1) is 0 Å². The average Bonchev–Trinajstić information content (AvgIpc) is 3.07. The van der Waals surface area contributed by atoms with E-state index in [0.29, 0.717) is 55.3 Å². The zero-order valence-corrected chi connectivity index (χ0v) is 25.3. The number of nitrogens with one attached hydrogen (secondary N) is 1. The van der Waals surface area contributed by atoms with E-state index >= 15 is 0 Å². The molecule has 6 rings (SSSR count). The van der Waals surface area contributed by atoms with Crippen molar-refractivity contribution in [2.75, 3.05) is 5.32 Å². The van der Waals surface area contributed by atoms with Crippen LogP contribution in [-0.4, -0.2) is 11.6 Å². The van der Waals surface area contributed by atoms with Crippen LogP contribution in [0.3, 0.4) is 0 Å². The highest BCUT2D eigenvalue weighted by molar-refractivity contribution is 6.31. The Labute approximate surface area is 270 Å². The molecule has 0 aliphatic rings. The molecule has 7 heteroatoms. The highest BCUT2D eigenvalue weighted by atomic mass is 35.5. The maximum absolute atomic E-state index is 12.7. The number of hydrogen-bond donors (Lipinski definition) is 1. The molecule has 0 heterocycles. The molecule has 45 heavy (non-hydrogen) atoms. The lowest BCUT2D eigenvalue weighted by Gasteiger charge is -2.11. The number of carbonyl (C=O) groups excluding carboxylic acids is 2. The fourth-order valence-corrected chi connectivity index (χ4v) is 4.79. The van der Waals surface area contributed by atoms with Gasteiger partial charge in [0.2, 0.25) is 0 Å². The van der Waals surface area contributed by atoms with Gasteiger partial charge in [-0.1, -0.05) is 23.2 Å². The monoisotopic (exact) mass is 629 g/mol. The highest BCUT2D eigenvalue weighted by Gasteiger charge is 2.11. The Bertz CT molecular complexity index is 1780. The van der Waals surface area contributed by atoms with Gasteiger partial charge in [-0.05, 0) is 146 Å². The van der Waals surface area contributed by atoms with Crippen LogP contribution in [-0.2, 0) is 0 Å². The Morgan fingerprint density at radius 2 is 0.622 bits per heavy atom. The minimum Gasteiger partial charge on any atom is -0.457 e. The van der Waals surface area contributed by atoms with E-state index in [-0.39, 0.29) is 11.6 Å². The molecule has 0 radical (unpaired) electrons. The number of ether oxygens (including phenoxy) is 2. The summed E-state index contributed by atoms with van der Waals surface area (Å²) >= 11 is 11.8. The number of rotatable bonds is 10. The molecule has 0 amide bonds. The molecule has 0 bridgehead atoms. The second kappa shape index (κ2) is 13.5. The summed E-state index contributed by atoms with van der Waals surface area (Å²) in [4.78, 5) is 25.4. The molecule has 0 spiro atoms. The van der Waals surface area contributed by atoms with Gasteiger partial charge in [0, 0.05) is 43.7 Å². The Morgan fingerprint density at radius 1 is 0.378 bits per heavy atom. The molecule has 0 aliphatic heterocycles. The summed E-state index contributed by atoms with van der Waals surface area (Å²) in [6.07, 6.45) is 0. The van der Waals surface area contributed by atoms with E-state index in [1.165, 1.54) is 0 Å². The van der Waals surface area contributed by atoms with E-state index < -0.39 is 0 Å². The normalized spacial score (nSPS) is 10.6. The average molecular weight is 631 g/mol. The van der Waals surface area contributed by atoms with Crippen LogP contribution < -0.4 is 14.8 Å². The van der Waals surface area contributed by atoms with Crippen LogP contribution >= 0.6 is 23.2 Å². The van der Waals surface area contributed by atoms with Gasteiger partial charge in [0.25, 0.3) is 0 Å². The van der Waals surface area contributed by atoms with E-state index in [0.717, 1.165) is 11.4 Å². The molecule has 6 aromatic rings. The van der Waals surface area contributed by atoms with Crippen molar-refractivity contribution in [1.29, 1.82) is 0 Å². The van der Waals surface area contributed by atoms with Gasteiger partial charge < -0.3 is 14.8 Å². The first kappa shape index (κ1) is 29.7. The van der Waals surface area contributed by atoms with E-state index in [1.807, 2.05) is 48.5 Å². The molecule has 0 unspecified atom stereocenters. The fourth-order valence-electron chi connectivity index (χ4n) is 4.54. The second-order valence-electron chi connectivity index (χ2n) is 10.1. The van der Waals surface area contributed by atoms with Crippen molar-refractivity contribution >= 4 is 46.1 Å². The van der Waals surface area contributed by atoms with Crippen molar-refractivity contribution in [3.63, 3.8) is 0 Å². The van der Waals surface area contributed by atoms with Gasteiger partial charge >= 0.3 is 0 Å². The lowest BCUT2D eigenvalue weighted by atomic mass is 10.0. The van der Waals surface area contributed by atoms with Gasteiger partial charge in [-0.25, -0.2) is 0 Å². The molecule has 0 saturated heterocycles. The van der Waals surface area contributed by atoms with Gasteiger partial charge in [-0.2, -0.15) is 0 Å². The number of benzene rings is 6. The molecule has 5 nitrogen and oxygen atoms in total. The van der Waals surface area contributed by atoms with Crippen LogP contribution in [0.2, 0.25) is 10.0 Å². The molecular weight excluding hydrogens is 605 g/mol. The smallest absolute Gasteiger partial charge is 0.193 e. The van der Waals surface area contributed by atoms with Crippen LogP contribution in [0.1, 0.15) is 31.8 Å². The summed E-state index contributed by atoms with van der Waals surface area (Å²) in [7, 11) is 0. The standard InChI is InChI=1S/C38H25Cl2NO4/c39-29-9-1-25(2-10-29)37(42)27-5-17-33(18-6-27)44-35-21-13-31(14-22-35)41-32-15-23-36(24-16-32)45-34-19-7-28(8-20-34)38(43)26-3-11-30(40)12-4-26/h1-24,41H. The Balaban J connectivity index is 1.01. The number of anilines is 2. The third-order valence-electron chi connectivity index (χ3n) is 6.91. The lowest BCUT2D eigenvalue weighted by Crippen LogP contribution is -2.00. The van der Waals surface area contributed by atoms with E-state index in [1.54, 1.807) is 97.1 Å². The topological polar surface area (TPSA) is 64.6 Å². The number of carbonyl (C=O) groups is 2. The third-order valence-corrected chi connectivity index (χ3v) is 7.42. The van der Waals surface area contributed by atoms with Crippen LogP contribution in [0.15, 0.2) is 146 Å². The molecule has 1 N–H and O–H groups in total. The molecule has 0 aliphatic carbocycles. The second-order valence-corrected chi connectivity index (χ2v) is 11.0. The van der Waals surface area contributed by atoms with Crippen LogP contribution in [0, 0.1) is 0 Å². The maximum Gasteiger partial charge on any atom is 0.193 e. The first-order valence-corrected chi connectivity index (χ1v) is 14.8. The first-order valence-electron chi connectivity index (χ1n) is 14.0. The lowest BCUT2D eigenvalue weighted by molar-refractivity contribution is 0.103.